The van der Waals surface area contributed by atoms with Gasteiger partial charge in [-0.3, -0.25) is 14.5 Å². The van der Waals surface area contributed by atoms with Gasteiger partial charge >= 0.3 is 0 Å². The zero-order valence-electron chi connectivity index (χ0n) is 19.4. The molecular formula is C27H32N4O2. The molecule has 0 aromatic heterocycles. The van der Waals surface area contributed by atoms with Crippen LogP contribution in [0, 0.1) is 0 Å². The normalized spacial score (nSPS) is 15.8. The van der Waals surface area contributed by atoms with Crippen LogP contribution in [-0.2, 0) is 4.79 Å². The summed E-state index contributed by atoms with van der Waals surface area (Å²) in [6.07, 6.45) is 0.737. The largest absolute Gasteiger partial charge is 0.345 e. The van der Waals surface area contributed by atoms with E-state index < -0.39 is 0 Å². The van der Waals surface area contributed by atoms with E-state index in [4.69, 9.17) is 0 Å². The fourth-order valence-electron chi connectivity index (χ4n) is 4.34. The van der Waals surface area contributed by atoms with Crippen LogP contribution >= 0.6 is 0 Å². The van der Waals surface area contributed by atoms with E-state index >= 15 is 0 Å². The van der Waals surface area contributed by atoms with Gasteiger partial charge in [-0.1, -0.05) is 49.4 Å². The maximum atomic E-state index is 12.8. The number of anilines is 1. The quantitative estimate of drug-likeness (QED) is 0.580. The molecule has 1 fully saturated rings. The first-order chi connectivity index (χ1) is 16.0. The summed E-state index contributed by atoms with van der Waals surface area (Å²) in [7, 11) is 2.11. The van der Waals surface area contributed by atoms with Crippen LogP contribution in [0.1, 0.15) is 35.3 Å². The Balaban J connectivity index is 1.55. The molecule has 0 saturated carbocycles. The lowest BCUT2D eigenvalue weighted by Crippen LogP contribution is -2.47. The van der Waals surface area contributed by atoms with Crippen molar-refractivity contribution in [2.45, 2.75) is 19.4 Å². The van der Waals surface area contributed by atoms with E-state index in [1.54, 1.807) is 0 Å². The highest BCUT2D eigenvalue weighted by Gasteiger charge is 2.19. The third-order valence-corrected chi connectivity index (χ3v) is 6.27. The molecule has 6 heteroatoms. The van der Waals surface area contributed by atoms with Crippen molar-refractivity contribution in [3.8, 4) is 0 Å². The van der Waals surface area contributed by atoms with Crippen molar-refractivity contribution in [1.29, 1.82) is 0 Å². The van der Waals surface area contributed by atoms with Crippen molar-refractivity contribution >= 4 is 28.3 Å². The highest BCUT2D eigenvalue weighted by atomic mass is 16.2. The number of nitrogens with zero attached hydrogens (tertiary/aromatic N) is 2. The average molecular weight is 445 g/mol. The molecule has 0 spiro atoms. The summed E-state index contributed by atoms with van der Waals surface area (Å²) >= 11 is 0. The van der Waals surface area contributed by atoms with Gasteiger partial charge in [-0.15, -0.1) is 0 Å². The third kappa shape index (κ3) is 5.78. The fourth-order valence-corrected chi connectivity index (χ4v) is 4.34. The van der Waals surface area contributed by atoms with Gasteiger partial charge in [0.2, 0.25) is 5.91 Å². The number of likely N-dealkylation sites (N-methyl/N-ethyl adjacent to an activating group) is 1. The van der Waals surface area contributed by atoms with Crippen LogP contribution in [0.2, 0.25) is 0 Å². The highest BCUT2D eigenvalue weighted by molar-refractivity contribution is 5.98. The molecule has 1 atom stereocenters. The van der Waals surface area contributed by atoms with E-state index in [2.05, 4.69) is 40.5 Å². The number of carbonyl (C=O) groups excluding carboxylic acids is 2. The maximum Gasteiger partial charge on any atom is 0.251 e. The molecule has 2 N–H and O–H groups in total. The van der Waals surface area contributed by atoms with Crippen LogP contribution in [0.4, 0.5) is 5.69 Å². The Morgan fingerprint density at radius 3 is 2.36 bits per heavy atom. The average Bonchev–Trinajstić information content (AvgIpc) is 2.84. The van der Waals surface area contributed by atoms with E-state index in [1.807, 2.05) is 60.7 Å². The van der Waals surface area contributed by atoms with E-state index in [1.165, 1.54) is 0 Å². The minimum Gasteiger partial charge on any atom is -0.345 e. The first kappa shape index (κ1) is 23.0. The molecule has 1 saturated heterocycles. The van der Waals surface area contributed by atoms with E-state index in [-0.39, 0.29) is 17.9 Å². The summed E-state index contributed by atoms with van der Waals surface area (Å²) in [6, 6.07) is 21.2. The van der Waals surface area contributed by atoms with Crippen LogP contribution in [-0.4, -0.2) is 61.4 Å². The van der Waals surface area contributed by atoms with Crippen LogP contribution in [0.15, 0.2) is 66.7 Å². The van der Waals surface area contributed by atoms with Gasteiger partial charge in [0.15, 0.2) is 0 Å². The third-order valence-electron chi connectivity index (χ3n) is 6.27. The Labute approximate surface area is 195 Å². The SMILES string of the molecule is CC[C@@H](NC(=O)c1ccccc1)c1cc(NC(=O)CN2CCN(C)CC2)cc2ccccc12. The number of hydrogen-bond acceptors (Lipinski definition) is 4. The molecule has 3 aromatic rings. The van der Waals surface area contributed by atoms with Crippen LogP contribution < -0.4 is 10.6 Å². The molecule has 1 heterocycles. The first-order valence-corrected chi connectivity index (χ1v) is 11.6. The van der Waals surface area contributed by atoms with Gasteiger partial charge in [-0.25, -0.2) is 0 Å². The summed E-state index contributed by atoms with van der Waals surface area (Å²) in [6.45, 7) is 6.20. The number of benzene rings is 3. The number of fused-ring (bicyclic) bond motifs is 1. The standard InChI is InChI=1S/C27H32N4O2/c1-3-25(29-27(33)20-9-5-4-6-10-20)24-18-22(17-21-11-7-8-12-23(21)24)28-26(32)19-31-15-13-30(2)14-16-31/h4-12,17-18,25H,3,13-16,19H2,1-2H3,(H,28,32)(H,29,33)/t25-/m1/s1. The molecule has 3 aromatic carbocycles. The number of carbonyl (C=O) groups is 2. The molecule has 0 aliphatic carbocycles. The zero-order valence-corrected chi connectivity index (χ0v) is 19.4. The van der Waals surface area contributed by atoms with Crippen molar-refractivity contribution < 1.29 is 9.59 Å². The van der Waals surface area contributed by atoms with Gasteiger partial charge in [-0.2, -0.15) is 0 Å². The van der Waals surface area contributed by atoms with Crippen molar-refractivity contribution in [2.75, 3.05) is 45.1 Å². The predicted octanol–water partition coefficient (Wildman–Crippen LogP) is 3.91. The van der Waals surface area contributed by atoms with E-state index in [9.17, 15) is 9.59 Å². The van der Waals surface area contributed by atoms with Crippen LogP contribution in [0.25, 0.3) is 10.8 Å². The molecule has 33 heavy (non-hydrogen) atoms. The number of hydrogen-bond donors (Lipinski definition) is 2. The molecule has 0 bridgehead atoms. The van der Waals surface area contributed by atoms with Crippen LogP contribution in [0.5, 0.6) is 0 Å². The van der Waals surface area contributed by atoms with E-state index in [0.717, 1.165) is 54.6 Å². The number of nitrogens with one attached hydrogen (secondary N) is 2. The lowest BCUT2D eigenvalue weighted by molar-refractivity contribution is -0.117. The second-order valence-corrected chi connectivity index (χ2v) is 8.71. The summed E-state index contributed by atoms with van der Waals surface area (Å²) < 4.78 is 0. The first-order valence-electron chi connectivity index (χ1n) is 11.6. The summed E-state index contributed by atoms with van der Waals surface area (Å²) in [5, 5.41) is 8.38. The fraction of sp³-hybridized carbons (Fsp3) is 0.333. The molecule has 0 radical (unpaired) electrons. The Kier molecular flexibility index (Phi) is 7.37. The van der Waals surface area contributed by atoms with Crippen molar-refractivity contribution in [2.24, 2.45) is 0 Å². The number of rotatable bonds is 7. The molecule has 2 amide bonds. The second-order valence-electron chi connectivity index (χ2n) is 8.71. The second kappa shape index (κ2) is 10.6. The Morgan fingerprint density at radius 1 is 0.939 bits per heavy atom. The maximum absolute atomic E-state index is 12.8. The van der Waals surface area contributed by atoms with Crippen molar-refractivity contribution in [1.82, 2.24) is 15.1 Å². The molecular weight excluding hydrogens is 412 g/mol. The summed E-state index contributed by atoms with van der Waals surface area (Å²) in [4.78, 5) is 30.1. The minimum atomic E-state index is -0.169. The minimum absolute atomic E-state index is 0.0119. The number of amides is 2. The Bertz CT molecular complexity index is 1110. The topological polar surface area (TPSA) is 64.7 Å². The highest BCUT2D eigenvalue weighted by Crippen LogP contribution is 2.30. The summed E-state index contributed by atoms with van der Waals surface area (Å²) in [5.41, 5.74) is 2.40. The van der Waals surface area contributed by atoms with Crippen LogP contribution in [0.3, 0.4) is 0 Å². The van der Waals surface area contributed by atoms with Gasteiger partial charge in [-0.05, 0) is 54.1 Å². The lowest BCUT2D eigenvalue weighted by atomic mass is 9.95. The van der Waals surface area contributed by atoms with E-state index in [0.29, 0.717) is 12.1 Å². The summed E-state index contributed by atoms with van der Waals surface area (Å²) in [5.74, 6) is -0.113. The van der Waals surface area contributed by atoms with Gasteiger partial charge < -0.3 is 15.5 Å². The van der Waals surface area contributed by atoms with Crippen molar-refractivity contribution in [3.05, 3.63) is 77.9 Å². The smallest absolute Gasteiger partial charge is 0.251 e. The zero-order chi connectivity index (χ0) is 23.2. The Hall–Kier alpha value is -3.22. The van der Waals surface area contributed by atoms with Gasteiger partial charge in [0.25, 0.3) is 5.91 Å². The molecule has 4 rings (SSSR count). The van der Waals surface area contributed by atoms with Crippen molar-refractivity contribution in [3.63, 3.8) is 0 Å². The molecule has 6 nitrogen and oxygen atoms in total. The molecule has 172 valence electrons. The van der Waals surface area contributed by atoms with Gasteiger partial charge in [0.05, 0.1) is 12.6 Å². The molecule has 1 aliphatic rings. The predicted molar refractivity (Wildman–Crippen MR) is 133 cm³/mol. The van der Waals surface area contributed by atoms with Gasteiger partial charge in [0, 0.05) is 37.4 Å². The monoisotopic (exact) mass is 444 g/mol. The Morgan fingerprint density at radius 2 is 1.64 bits per heavy atom. The number of piperazine rings is 1. The van der Waals surface area contributed by atoms with Gasteiger partial charge in [0.1, 0.15) is 0 Å². The molecule has 0 unspecified atom stereocenters. The molecule has 1 aliphatic heterocycles. The lowest BCUT2D eigenvalue weighted by Gasteiger charge is -2.31.